The summed E-state index contributed by atoms with van der Waals surface area (Å²) in [5, 5.41) is 12.0. The number of rotatable bonds is 8. The van der Waals surface area contributed by atoms with Crippen LogP contribution in [0.1, 0.15) is 19.4 Å². The lowest BCUT2D eigenvalue weighted by molar-refractivity contribution is -0.137. The molecule has 3 aliphatic rings. The van der Waals surface area contributed by atoms with E-state index in [1.165, 1.54) is 10.1 Å². The molecule has 13 heteroatoms. The molecule has 3 atom stereocenters. The number of anilines is 1. The summed E-state index contributed by atoms with van der Waals surface area (Å²) in [5.41, 5.74) is 12.4. The molecule has 1 aromatic heterocycles. The van der Waals surface area contributed by atoms with Crippen LogP contribution in [0.5, 0.6) is 0 Å². The lowest BCUT2D eigenvalue weighted by Gasteiger charge is -2.37. The maximum Gasteiger partial charge on any atom is 0.354 e. The Hall–Kier alpha value is -3.03. The average molecular weight is 589 g/mol. The molecule has 12 nitrogen and oxygen atoms in total. The number of nitrogens with one attached hydrogen (secondary N) is 1. The summed E-state index contributed by atoms with van der Waals surface area (Å²) in [7, 11) is 0. The molecule has 1 aromatic carbocycles. The highest BCUT2D eigenvalue weighted by Crippen LogP contribution is 2.52. The topological polar surface area (TPSA) is 163 Å². The molecular weight excluding hydrogens is 548 g/mol. The maximum absolute atomic E-state index is 12.7. The molecule has 2 aliphatic heterocycles. The van der Waals surface area contributed by atoms with Gasteiger partial charge < -0.3 is 31.3 Å². The Kier molecular flexibility index (Phi) is 9.39. The molecule has 2 aromatic rings. The maximum atomic E-state index is 12.7. The summed E-state index contributed by atoms with van der Waals surface area (Å²) in [5.74, 6) is 1.76. The number of piperazine rings is 1. The van der Waals surface area contributed by atoms with E-state index in [-0.39, 0.29) is 42.8 Å². The van der Waals surface area contributed by atoms with E-state index in [1.54, 1.807) is 35.9 Å². The van der Waals surface area contributed by atoms with Crippen molar-refractivity contribution in [3.8, 4) is 5.69 Å². The molecule has 2 unspecified atom stereocenters. The molecule has 41 heavy (non-hydrogen) atoms. The molecule has 2 saturated heterocycles. The second kappa shape index (κ2) is 12.5. The Morgan fingerprint density at radius 3 is 2.24 bits per heavy atom. The van der Waals surface area contributed by atoms with E-state index < -0.39 is 11.2 Å². The van der Waals surface area contributed by atoms with E-state index in [0.29, 0.717) is 49.6 Å². The van der Waals surface area contributed by atoms with Crippen LogP contribution in [0, 0.1) is 17.8 Å². The van der Waals surface area contributed by atoms with E-state index in [0.717, 1.165) is 26.1 Å². The van der Waals surface area contributed by atoms with Crippen molar-refractivity contribution in [1.29, 1.82) is 0 Å². The van der Waals surface area contributed by atoms with Gasteiger partial charge in [0.05, 0.1) is 17.8 Å². The number of hydrogen-bond donors (Lipinski definition) is 4. The molecule has 3 fully saturated rings. The zero-order valence-electron chi connectivity index (χ0n) is 23.6. The highest BCUT2D eigenvalue weighted by Gasteiger charge is 2.57. The van der Waals surface area contributed by atoms with Crippen LogP contribution in [0.3, 0.4) is 0 Å². The first-order valence-corrected chi connectivity index (χ1v) is 14.0. The van der Waals surface area contributed by atoms with Gasteiger partial charge in [-0.2, -0.15) is 4.98 Å². The van der Waals surface area contributed by atoms with Crippen LogP contribution in [0.25, 0.3) is 5.69 Å². The number of carbonyl (C=O) groups excluding carboxylic acids is 2. The van der Waals surface area contributed by atoms with E-state index >= 15 is 0 Å². The zero-order valence-corrected chi connectivity index (χ0v) is 24.4. The summed E-state index contributed by atoms with van der Waals surface area (Å²) in [6.07, 6.45) is 2.52. The van der Waals surface area contributed by atoms with Gasteiger partial charge in [-0.3, -0.25) is 14.7 Å². The number of nitrogens with zero attached hydrogens (tertiary/aromatic N) is 5. The Bertz CT molecular complexity index is 1280. The van der Waals surface area contributed by atoms with Crippen LogP contribution in [0.15, 0.2) is 41.3 Å². The molecule has 3 heterocycles. The van der Waals surface area contributed by atoms with E-state index in [9.17, 15) is 19.5 Å². The minimum atomic E-state index is -0.951. The fraction of sp³-hybridized carbons (Fsp3) is 0.571. The number of hydrogen-bond acceptors (Lipinski definition) is 8. The number of fused-ring (bicyclic) bond motifs is 1. The van der Waals surface area contributed by atoms with E-state index in [2.05, 4.69) is 15.2 Å². The van der Waals surface area contributed by atoms with Crippen molar-refractivity contribution < 1.29 is 14.7 Å². The van der Waals surface area contributed by atoms with Crippen molar-refractivity contribution in [2.75, 3.05) is 57.7 Å². The fourth-order valence-electron chi connectivity index (χ4n) is 6.09. The highest BCUT2D eigenvalue weighted by molar-refractivity contribution is 5.89. The number of aliphatic hydroxyl groups excluding tert-OH is 1. The molecular formula is C28H41ClN8O4. The Morgan fingerprint density at radius 2 is 1.68 bits per heavy atom. The number of piperidine rings is 1. The second-order valence-electron chi connectivity index (χ2n) is 11.8. The number of nitrogens with two attached hydrogens (primary N) is 2. The number of urea groups is 1. The van der Waals surface area contributed by atoms with Gasteiger partial charge >= 0.3 is 11.7 Å². The molecule has 1 aliphatic carbocycles. The van der Waals surface area contributed by atoms with Crippen LogP contribution < -0.4 is 22.5 Å². The lowest BCUT2D eigenvalue weighted by Crippen LogP contribution is -2.58. The Morgan fingerprint density at radius 1 is 1.07 bits per heavy atom. The third-order valence-corrected chi connectivity index (χ3v) is 8.42. The van der Waals surface area contributed by atoms with Crippen LogP contribution in [0.4, 0.5) is 10.6 Å². The van der Waals surface area contributed by atoms with Crippen molar-refractivity contribution in [1.82, 2.24) is 24.3 Å². The molecule has 224 valence electrons. The highest BCUT2D eigenvalue weighted by atomic mass is 35.5. The monoisotopic (exact) mass is 588 g/mol. The van der Waals surface area contributed by atoms with Gasteiger partial charge in [0.1, 0.15) is 5.82 Å². The Balaban J connectivity index is 0.00000387. The molecule has 0 spiro atoms. The minimum Gasteiger partial charge on any atom is -0.395 e. The van der Waals surface area contributed by atoms with Crippen LogP contribution >= 0.6 is 12.4 Å². The van der Waals surface area contributed by atoms with Gasteiger partial charge in [0, 0.05) is 58.1 Å². The van der Waals surface area contributed by atoms with E-state index in [1.807, 2.05) is 24.3 Å². The number of carbonyl (C=O) groups is 2. The van der Waals surface area contributed by atoms with Crippen molar-refractivity contribution in [2.24, 2.45) is 29.2 Å². The fourth-order valence-corrected chi connectivity index (χ4v) is 6.09. The zero-order chi connectivity index (χ0) is 28.6. The minimum absolute atomic E-state index is 0. The SMILES string of the molecule is CC(C)(N)C(=O)N1CCN(C(=O)Nc2ccn(-c3ccc(CCN4CC5C(C4)C5[C@@H](N)CO)cc3)c(=O)n2)CC1.Cl. The van der Waals surface area contributed by atoms with Crippen LogP contribution in [0.2, 0.25) is 0 Å². The lowest BCUT2D eigenvalue weighted by atomic mass is 10.1. The summed E-state index contributed by atoms with van der Waals surface area (Å²) in [6, 6.07) is 8.99. The van der Waals surface area contributed by atoms with Crippen LogP contribution in [-0.4, -0.2) is 105 Å². The summed E-state index contributed by atoms with van der Waals surface area (Å²) in [6.45, 7) is 8.01. The predicted octanol–water partition coefficient (Wildman–Crippen LogP) is 0.108. The normalized spacial score (nSPS) is 23.0. The van der Waals surface area contributed by atoms with E-state index in [4.69, 9.17) is 11.5 Å². The number of likely N-dealkylation sites (tertiary alicyclic amines) is 1. The Labute approximate surface area is 246 Å². The largest absolute Gasteiger partial charge is 0.395 e. The quantitative estimate of drug-likeness (QED) is 0.337. The first-order chi connectivity index (χ1) is 19.0. The summed E-state index contributed by atoms with van der Waals surface area (Å²) >= 11 is 0. The van der Waals surface area contributed by atoms with Gasteiger partial charge in [-0.15, -0.1) is 12.4 Å². The predicted molar refractivity (Wildman–Crippen MR) is 158 cm³/mol. The molecule has 3 amide bonds. The number of benzene rings is 1. The first kappa shape index (κ1) is 30.9. The second-order valence-corrected chi connectivity index (χ2v) is 11.8. The van der Waals surface area contributed by atoms with Gasteiger partial charge in [-0.05, 0) is 61.8 Å². The summed E-state index contributed by atoms with van der Waals surface area (Å²) in [4.78, 5) is 47.5. The van der Waals surface area contributed by atoms with Crippen molar-refractivity contribution in [3.05, 3.63) is 52.6 Å². The smallest absolute Gasteiger partial charge is 0.354 e. The third-order valence-electron chi connectivity index (χ3n) is 8.42. The number of aliphatic hydroxyl groups is 1. The molecule has 5 rings (SSSR count). The van der Waals surface area contributed by atoms with Gasteiger partial charge in [-0.1, -0.05) is 12.1 Å². The van der Waals surface area contributed by atoms with Crippen molar-refractivity contribution in [2.45, 2.75) is 31.8 Å². The molecule has 0 radical (unpaired) electrons. The van der Waals surface area contributed by atoms with Gasteiger partial charge in [0.15, 0.2) is 0 Å². The number of amides is 3. The average Bonchev–Trinajstić information content (AvgIpc) is 3.44. The molecule has 0 bridgehead atoms. The van der Waals surface area contributed by atoms with Gasteiger partial charge in [-0.25, -0.2) is 9.59 Å². The van der Waals surface area contributed by atoms with Crippen LogP contribution in [-0.2, 0) is 11.2 Å². The first-order valence-electron chi connectivity index (χ1n) is 14.0. The summed E-state index contributed by atoms with van der Waals surface area (Å²) < 4.78 is 1.44. The van der Waals surface area contributed by atoms with Gasteiger partial charge in [0.2, 0.25) is 5.91 Å². The number of halogens is 1. The van der Waals surface area contributed by atoms with Crippen molar-refractivity contribution >= 4 is 30.2 Å². The number of aromatic nitrogens is 2. The van der Waals surface area contributed by atoms with Crippen molar-refractivity contribution in [3.63, 3.8) is 0 Å². The standard InChI is InChI=1S/C28H40N8O4.ClH/c1-28(2,30)25(38)34-11-13-35(14-12-34)26(39)31-23-8-10-36(27(40)32-23)19-5-3-18(4-6-19)7-9-33-15-20-21(16-33)24(20)22(29)17-37;/h3-6,8,10,20-22,24,37H,7,9,11-17,29-30H2,1-2H3,(H,31,32,39,40);1H/t20?,21?,22-,24?;/m0./s1. The molecule has 6 N–H and O–H groups in total. The molecule has 1 saturated carbocycles. The third kappa shape index (κ3) is 6.90. The van der Waals surface area contributed by atoms with Gasteiger partial charge in [0.25, 0.3) is 0 Å².